The monoisotopic (exact) mass is 532 g/mol. The number of carbonyl (C=O) groups excluding carboxylic acids is 1. The molecule has 0 aliphatic carbocycles. The fourth-order valence-electron chi connectivity index (χ4n) is 5.41. The summed E-state index contributed by atoms with van der Waals surface area (Å²) >= 11 is 1.33. The Morgan fingerprint density at radius 3 is 2.03 bits per heavy atom. The van der Waals surface area contributed by atoms with Gasteiger partial charge in [0.05, 0.1) is 12.2 Å². The first-order chi connectivity index (χ1) is 17.8. The van der Waals surface area contributed by atoms with Crippen molar-refractivity contribution in [1.82, 2.24) is 0 Å². The number of rotatable bonds is 9. The lowest BCUT2D eigenvalue weighted by Crippen LogP contribution is -2.66. The van der Waals surface area contributed by atoms with Crippen molar-refractivity contribution in [3.05, 3.63) is 90.5 Å². The minimum Gasteiger partial charge on any atom is -0.407 e. The molecular formula is C32H40O3SSi. The van der Waals surface area contributed by atoms with Crippen molar-refractivity contribution < 1.29 is 14.0 Å². The van der Waals surface area contributed by atoms with Gasteiger partial charge in [0.15, 0.2) is 5.12 Å². The molecule has 3 aromatic rings. The van der Waals surface area contributed by atoms with Crippen LogP contribution in [0.2, 0.25) is 5.04 Å². The molecule has 1 fully saturated rings. The smallest absolute Gasteiger partial charge is 0.261 e. The zero-order valence-corrected chi connectivity index (χ0v) is 24.4. The van der Waals surface area contributed by atoms with E-state index in [1.165, 1.54) is 27.7 Å². The maximum Gasteiger partial charge on any atom is 0.261 e. The molecule has 1 aliphatic rings. The zero-order chi connectivity index (χ0) is 26.3. The minimum atomic E-state index is -2.54. The van der Waals surface area contributed by atoms with E-state index in [9.17, 15) is 4.79 Å². The number of carbonyl (C=O) groups is 1. The van der Waals surface area contributed by atoms with Gasteiger partial charge >= 0.3 is 0 Å². The van der Waals surface area contributed by atoms with Gasteiger partial charge in [-0.15, -0.1) is 0 Å². The van der Waals surface area contributed by atoms with Crippen LogP contribution in [0.3, 0.4) is 0 Å². The fourth-order valence-corrected chi connectivity index (χ4v) is 10.8. The second-order valence-electron chi connectivity index (χ2n) is 11.1. The molecule has 0 unspecified atom stereocenters. The summed E-state index contributed by atoms with van der Waals surface area (Å²) in [5.41, 5.74) is 1.20. The lowest BCUT2D eigenvalue weighted by atomic mass is 10.0. The number of thioether (sulfide) groups is 1. The van der Waals surface area contributed by atoms with Crippen LogP contribution < -0.4 is 10.4 Å². The van der Waals surface area contributed by atoms with Gasteiger partial charge in [0.25, 0.3) is 8.32 Å². The first-order valence-electron chi connectivity index (χ1n) is 13.5. The highest BCUT2D eigenvalue weighted by atomic mass is 32.2. The minimum absolute atomic E-state index is 0.00272. The van der Waals surface area contributed by atoms with Crippen LogP contribution >= 0.6 is 11.8 Å². The maximum absolute atomic E-state index is 12.7. The molecule has 0 spiro atoms. The third kappa shape index (κ3) is 7.02. The van der Waals surface area contributed by atoms with Crippen LogP contribution in [-0.2, 0) is 14.0 Å². The molecule has 0 radical (unpaired) electrons. The summed E-state index contributed by atoms with van der Waals surface area (Å²) in [6.45, 7) is 9.64. The zero-order valence-electron chi connectivity index (χ0n) is 22.6. The maximum atomic E-state index is 12.7. The summed E-state index contributed by atoms with van der Waals surface area (Å²) in [6, 6.07) is 29.7. The van der Waals surface area contributed by atoms with E-state index in [4.69, 9.17) is 9.16 Å². The van der Waals surface area contributed by atoms with Crippen LogP contribution in [0.15, 0.2) is 89.8 Å². The van der Waals surface area contributed by atoms with Gasteiger partial charge in [-0.3, -0.25) is 4.79 Å². The average Bonchev–Trinajstić information content (AvgIpc) is 2.88. The Morgan fingerprint density at radius 1 is 0.892 bits per heavy atom. The summed E-state index contributed by atoms with van der Waals surface area (Å²) in [5.74, 6) is 0. The number of ether oxygens (including phenoxy) is 1. The SMILES string of the molecule is Cc1ccc(SC(=O)C[C@H]2CCC[C@@H](CCO[Si](c3ccccc3)(c3ccccc3)C(C)(C)C)O2)cc1. The van der Waals surface area contributed by atoms with Gasteiger partial charge in [-0.1, -0.05) is 111 Å². The summed E-state index contributed by atoms with van der Waals surface area (Å²) in [7, 11) is -2.54. The van der Waals surface area contributed by atoms with Gasteiger partial charge in [-0.05, 0) is 60.2 Å². The molecule has 1 aliphatic heterocycles. The molecule has 1 heterocycles. The van der Waals surface area contributed by atoms with Gasteiger partial charge in [-0.25, -0.2) is 0 Å². The molecular weight excluding hydrogens is 493 g/mol. The Bertz CT molecular complexity index is 1090. The Labute approximate surface area is 228 Å². The van der Waals surface area contributed by atoms with Crippen LogP contribution in [0.1, 0.15) is 58.4 Å². The standard InChI is InChI=1S/C32H40O3SSi/c1-25-18-20-28(21-19-25)36-31(33)24-27-13-11-12-26(35-27)22-23-34-37(32(2,3)4,29-14-7-5-8-15-29)30-16-9-6-10-17-30/h5-10,14-21,26-27H,11-13,22-24H2,1-4H3/t26-,27+/m0/s1. The van der Waals surface area contributed by atoms with Gasteiger partial charge in [0.1, 0.15) is 0 Å². The Kier molecular flexibility index (Phi) is 9.46. The van der Waals surface area contributed by atoms with Gasteiger partial charge in [0, 0.05) is 17.9 Å². The van der Waals surface area contributed by atoms with Crippen LogP contribution in [0.4, 0.5) is 0 Å². The number of benzene rings is 3. The second-order valence-corrected chi connectivity index (χ2v) is 16.5. The molecule has 3 aromatic carbocycles. The van der Waals surface area contributed by atoms with E-state index >= 15 is 0 Å². The van der Waals surface area contributed by atoms with Crippen molar-refractivity contribution in [3.8, 4) is 0 Å². The molecule has 37 heavy (non-hydrogen) atoms. The van der Waals surface area contributed by atoms with Crippen molar-refractivity contribution >= 4 is 35.6 Å². The average molecular weight is 533 g/mol. The fraction of sp³-hybridized carbons (Fsp3) is 0.406. The third-order valence-electron chi connectivity index (χ3n) is 7.26. The molecule has 4 rings (SSSR count). The first kappa shape index (κ1) is 27.8. The normalized spacial score (nSPS) is 18.5. The van der Waals surface area contributed by atoms with Crippen molar-refractivity contribution in [1.29, 1.82) is 0 Å². The lowest BCUT2D eigenvalue weighted by Gasteiger charge is -2.43. The van der Waals surface area contributed by atoms with Gasteiger partial charge in [-0.2, -0.15) is 0 Å². The van der Waals surface area contributed by atoms with Crippen LogP contribution in [0.25, 0.3) is 0 Å². The van der Waals surface area contributed by atoms with E-state index in [1.807, 2.05) is 12.1 Å². The number of aryl methyl sites for hydroxylation is 1. The predicted octanol–water partition coefficient (Wildman–Crippen LogP) is 6.91. The Hall–Kier alpha value is -2.18. The molecule has 0 N–H and O–H groups in total. The summed E-state index contributed by atoms with van der Waals surface area (Å²) in [6.07, 6.45) is 4.51. The predicted molar refractivity (Wildman–Crippen MR) is 157 cm³/mol. The number of hydrogen-bond donors (Lipinski definition) is 0. The first-order valence-corrected chi connectivity index (χ1v) is 16.2. The van der Waals surface area contributed by atoms with Crippen molar-refractivity contribution in [2.75, 3.05) is 6.61 Å². The Morgan fingerprint density at radius 2 is 1.46 bits per heavy atom. The van der Waals surface area contributed by atoms with Crippen LogP contribution in [-0.4, -0.2) is 32.2 Å². The van der Waals surface area contributed by atoms with Crippen LogP contribution in [0.5, 0.6) is 0 Å². The van der Waals surface area contributed by atoms with E-state index in [1.54, 1.807) is 0 Å². The molecule has 196 valence electrons. The summed E-state index contributed by atoms with van der Waals surface area (Å²) in [4.78, 5) is 13.7. The van der Waals surface area contributed by atoms with E-state index in [0.717, 1.165) is 30.6 Å². The number of hydrogen-bond acceptors (Lipinski definition) is 4. The largest absolute Gasteiger partial charge is 0.407 e. The van der Waals surface area contributed by atoms with Crippen molar-refractivity contribution in [3.63, 3.8) is 0 Å². The van der Waals surface area contributed by atoms with Crippen molar-refractivity contribution in [2.45, 2.75) is 81.9 Å². The summed E-state index contributed by atoms with van der Waals surface area (Å²) < 4.78 is 13.5. The molecule has 0 saturated carbocycles. The second kappa shape index (κ2) is 12.6. The van der Waals surface area contributed by atoms with E-state index < -0.39 is 8.32 Å². The molecule has 5 heteroatoms. The van der Waals surface area contributed by atoms with E-state index in [-0.39, 0.29) is 22.4 Å². The highest BCUT2D eigenvalue weighted by molar-refractivity contribution is 8.13. The topological polar surface area (TPSA) is 35.5 Å². The van der Waals surface area contributed by atoms with Crippen LogP contribution in [0, 0.1) is 6.92 Å². The molecule has 2 atom stereocenters. The lowest BCUT2D eigenvalue weighted by molar-refractivity contribution is -0.117. The van der Waals surface area contributed by atoms with Gasteiger partial charge < -0.3 is 9.16 Å². The highest BCUT2D eigenvalue weighted by Gasteiger charge is 2.50. The van der Waals surface area contributed by atoms with Gasteiger partial charge in [0.2, 0.25) is 0 Å². The summed E-state index contributed by atoms with van der Waals surface area (Å²) in [5, 5.41) is 2.74. The molecule has 1 saturated heterocycles. The van der Waals surface area contributed by atoms with E-state index in [2.05, 4.69) is 100 Å². The van der Waals surface area contributed by atoms with E-state index in [0.29, 0.717) is 13.0 Å². The third-order valence-corrected chi connectivity index (χ3v) is 13.2. The highest BCUT2D eigenvalue weighted by Crippen LogP contribution is 2.37. The quantitative estimate of drug-likeness (QED) is 0.222. The molecule has 0 aromatic heterocycles. The molecule has 0 amide bonds. The molecule has 3 nitrogen and oxygen atoms in total. The van der Waals surface area contributed by atoms with Crippen molar-refractivity contribution in [2.24, 2.45) is 0 Å². The molecule has 0 bridgehead atoms. The Balaban J connectivity index is 1.40.